The first-order chi connectivity index (χ1) is 11.7. The molecule has 25 heavy (non-hydrogen) atoms. The van der Waals surface area contributed by atoms with Crippen molar-refractivity contribution in [1.29, 1.82) is 0 Å². The van der Waals surface area contributed by atoms with Crippen LogP contribution in [0.1, 0.15) is 56.0 Å². The molecule has 1 aliphatic rings. The van der Waals surface area contributed by atoms with Gasteiger partial charge in [0.05, 0.1) is 5.56 Å². The van der Waals surface area contributed by atoms with Gasteiger partial charge in [-0.3, -0.25) is 9.36 Å². The molecule has 0 bridgehead atoms. The molecule has 0 radical (unpaired) electrons. The molecule has 1 amide bonds. The van der Waals surface area contributed by atoms with Crippen LogP contribution in [0.4, 0.5) is 5.82 Å². The number of rotatable bonds is 3. The largest absolute Gasteiger partial charge is 0.508 e. The van der Waals surface area contributed by atoms with Crippen molar-refractivity contribution in [2.45, 2.75) is 40.0 Å². The third-order valence-electron chi connectivity index (χ3n) is 4.92. The number of nitrogens with zero attached hydrogens (tertiary/aromatic N) is 2. The lowest BCUT2D eigenvalue weighted by Gasteiger charge is -2.24. The SMILES string of the molecule is CC1=C(n2c(N)c(C(N)=O)c3cc(C(C)C)cnc32)C(C)CC=C1O. The lowest BCUT2D eigenvalue weighted by atomic mass is 9.93. The van der Waals surface area contributed by atoms with Crippen molar-refractivity contribution in [1.82, 2.24) is 9.55 Å². The molecule has 0 aromatic carbocycles. The molecule has 132 valence electrons. The molecule has 1 atom stereocenters. The highest BCUT2D eigenvalue weighted by Crippen LogP contribution is 2.39. The zero-order valence-electron chi connectivity index (χ0n) is 15.0. The number of carbonyl (C=O) groups excluding carboxylic acids is 1. The summed E-state index contributed by atoms with van der Waals surface area (Å²) in [5.74, 6) is 0.316. The summed E-state index contributed by atoms with van der Waals surface area (Å²) in [5, 5.41) is 10.8. The van der Waals surface area contributed by atoms with Crippen molar-refractivity contribution in [3.63, 3.8) is 0 Å². The fourth-order valence-electron chi connectivity index (χ4n) is 3.46. The van der Waals surface area contributed by atoms with Gasteiger partial charge >= 0.3 is 0 Å². The van der Waals surface area contributed by atoms with Crippen LogP contribution in [0.15, 0.2) is 29.7 Å². The summed E-state index contributed by atoms with van der Waals surface area (Å²) in [4.78, 5) is 16.6. The number of fused-ring (bicyclic) bond motifs is 1. The van der Waals surface area contributed by atoms with E-state index in [2.05, 4.69) is 25.8 Å². The molecule has 3 rings (SSSR count). The van der Waals surface area contributed by atoms with E-state index < -0.39 is 5.91 Å². The molecule has 6 nitrogen and oxygen atoms in total. The van der Waals surface area contributed by atoms with Gasteiger partial charge in [-0.1, -0.05) is 20.8 Å². The summed E-state index contributed by atoms with van der Waals surface area (Å²) in [7, 11) is 0. The lowest BCUT2D eigenvalue weighted by molar-refractivity contribution is 0.100. The monoisotopic (exact) mass is 340 g/mol. The second kappa shape index (κ2) is 5.95. The number of aromatic nitrogens is 2. The van der Waals surface area contributed by atoms with E-state index in [4.69, 9.17) is 11.5 Å². The predicted octanol–water partition coefficient (Wildman–Crippen LogP) is 3.55. The first-order valence-electron chi connectivity index (χ1n) is 8.44. The number of allylic oxidation sites excluding steroid dienone is 3. The van der Waals surface area contributed by atoms with Crippen LogP contribution in [0.3, 0.4) is 0 Å². The highest BCUT2D eigenvalue weighted by Gasteiger charge is 2.28. The van der Waals surface area contributed by atoms with E-state index in [0.717, 1.165) is 16.8 Å². The summed E-state index contributed by atoms with van der Waals surface area (Å²) in [6.07, 6.45) is 4.28. The number of primary amides is 1. The maximum absolute atomic E-state index is 12.1. The Labute approximate surface area is 146 Å². The third kappa shape index (κ3) is 2.58. The molecular weight excluding hydrogens is 316 g/mol. The van der Waals surface area contributed by atoms with E-state index in [-0.39, 0.29) is 29.0 Å². The average Bonchev–Trinajstić information content (AvgIpc) is 2.83. The van der Waals surface area contributed by atoms with Crippen LogP contribution < -0.4 is 11.5 Å². The molecule has 2 aromatic heterocycles. The Hall–Kier alpha value is -2.76. The summed E-state index contributed by atoms with van der Waals surface area (Å²) in [6, 6.07) is 1.93. The van der Waals surface area contributed by atoms with Gasteiger partial charge in [0.2, 0.25) is 0 Å². The third-order valence-corrected chi connectivity index (χ3v) is 4.92. The van der Waals surface area contributed by atoms with E-state index in [1.807, 2.05) is 13.0 Å². The maximum atomic E-state index is 12.1. The van der Waals surface area contributed by atoms with E-state index in [1.165, 1.54) is 0 Å². The van der Waals surface area contributed by atoms with Gasteiger partial charge in [-0.05, 0) is 37.0 Å². The van der Waals surface area contributed by atoms with Gasteiger partial charge in [0, 0.05) is 28.8 Å². The number of aliphatic hydroxyl groups is 1. The molecule has 0 aliphatic heterocycles. The number of carbonyl (C=O) groups is 1. The van der Waals surface area contributed by atoms with Crippen LogP contribution in [0.2, 0.25) is 0 Å². The second-order valence-electron chi connectivity index (χ2n) is 6.99. The standard InChI is InChI=1S/C19H24N4O2/c1-9(2)12-7-13-15(18(21)25)17(20)23(19(13)22-8-12)16-10(3)5-6-14(24)11(16)4/h6-10,24H,5,20H2,1-4H3,(H2,21,25). The van der Waals surface area contributed by atoms with Crippen molar-refractivity contribution in [2.75, 3.05) is 5.73 Å². The van der Waals surface area contributed by atoms with Gasteiger partial charge < -0.3 is 16.6 Å². The molecule has 1 aliphatic carbocycles. The van der Waals surface area contributed by atoms with Crippen molar-refractivity contribution in [2.24, 2.45) is 11.7 Å². The van der Waals surface area contributed by atoms with Crippen LogP contribution in [0, 0.1) is 5.92 Å². The Bertz CT molecular complexity index is 935. The Morgan fingerprint density at radius 2 is 2.12 bits per heavy atom. The van der Waals surface area contributed by atoms with E-state index in [9.17, 15) is 9.90 Å². The minimum Gasteiger partial charge on any atom is -0.508 e. The quantitative estimate of drug-likeness (QED) is 0.794. The Morgan fingerprint density at radius 1 is 1.44 bits per heavy atom. The number of amides is 1. The first-order valence-corrected chi connectivity index (χ1v) is 8.44. The minimum absolute atomic E-state index is 0.126. The van der Waals surface area contributed by atoms with Crippen LogP contribution in [-0.4, -0.2) is 20.6 Å². The predicted molar refractivity (Wildman–Crippen MR) is 100 cm³/mol. The summed E-state index contributed by atoms with van der Waals surface area (Å²) in [6.45, 7) is 8.02. The Kier molecular flexibility index (Phi) is 4.06. The van der Waals surface area contributed by atoms with Gasteiger partial charge in [0.15, 0.2) is 0 Å². The molecular formula is C19H24N4O2. The van der Waals surface area contributed by atoms with Gasteiger partial charge in [-0.15, -0.1) is 0 Å². The molecule has 2 aromatic rings. The molecule has 0 saturated carbocycles. The van der Waals surface area contributed by atoms with Crippen LogP contribution in [0.5, 0.6) is 0 Å². The highest BCUT2D eigenvalue weighted by molar-refractivity contribution is 6.11. The number of anilines is 1. The molecule has 1 unspecified atom stereocenters. The summed E-state index contributed by atoms with van der Waals surface area (Å²) < 4.78 is 1.77. The van der Waals surface area contributed by atoms with E-state index >= 15 is 0 Å². The second-order valence-corrected chi connectivity index (χ2v) is 6.99. The Morgan fingerprint density at radius 3 is 2.72 bits per heavy atom. The number of hydrogen-bond donors (Lipinski definition) is 3. The van der Waals surface area contributed by atoms with Gasteiger partial charge in [-0.2, -0.15) is 0 Å². The zero-order valence-corrected chi connectivity index (χ0v) is 15.0. The number of hydrogen-bond acceptors (Lipinski definition) is 4. The number of aliphatic hydroxyl groups excluding tert-OH is 1. The minimum atomic E-state index is -0.578. The first kappa shape index (κ1) is 17.1. The van der Waals surface area contributed by atoms with Gasteiger partial charge in [-0.25, -0.2) is 4.98 Å². The number of nitrogen functional groups attached to an aromatic ring is 1. The molecule has 2 heterocycles. The van der Waals surface area contributed by atoms with Crippen LogP contribution >= 0.6 is 0 Å². The molecule has 6 heteroatoms. The maximum Gasteiger partial charge on any atom is 0.253 e. The normalized spacial score (nSPS) is 18.1. The zero-order chi connectivity index (χ0) is 18.5. The van der Waals surface area contributed by atoms with E-state index in [0.29, 0.717) is 17.5 Å². The van der Waals surface area contributed by atoms with Crippen LogP contribution in [0.25, 0.3) is 16.7 Å². The van der Waals surface area contributed by atoms with E-state index in [1.54, 1.807) is 16.8 Å². The number of pyridine rings is 1. The fraction of sp³-hybridized carbons (Fsp3) is 0.368. The van der Waals surface area contributed by atoms with Gasteiger partial charge in [0.25, 0.3) is 5.91 Å². The molecule has 5 N–H and O–H groups in total. The fourth-order valence-corrected chi connectivity index (χ4v) is 3.46. The Balaban J connectivity index is 2.41. The molecule has 0 spiro atoms. The van der Waals surface area contributed by atoms with Crippen molar-refractivity contribution < 1.29 is 9.90 Å². The molecule has 0 saturated heterocycles. The number of nitrogens with two attached hydrogens (primary N) is 2. The smallest absolute Gasteiger partial charge is 0.253 e. The average molecular weight is 340 g/mol. The highest BCUT2D eigenvalue weighted by atomic mass is 16.3. The van der Waals surface area contributed by atoms with Crippen LogP contribution in [-0.2, 0) is 0 Å². The summed E-state index contributed by atoms with van der Waals surface area (Å²) in [5.41, 5.74) is 15.4. The van der Waals surface area contributed by atoms with Crippen molar-refractivity contribution in [3.8, 4) is 0 Å². The molecule has 0 fully saturated rings. The topological polar surface area (TPSA) is 107 Å². The lowest BCUT2D eigenvalue weighted by Crippen LogP contribution is -2.17. The van der Waals surface area contributed by atoms with Crippen molar-refractivity contribution in [3.05, 3.63) is 40.8 Å². The van der Waals surface area contributed by atoms with Gasteiger partial charge in [0.1, 0.15) is 17.2 Å². The van der Waals surface area contributed by atoms with Crippen molar-refractivity contribution >= 4 is 28.5 Å². The summed E-state index contributed by atoms with van der Waals surface area (Å²) >= 11 is 0.